The number of nitrogens with zero attached hydrogens (tertiary/aromatic N) is 1. The van der Waals surface area contributed by atoms with Gasteiger partial charge in [0.2, 0.25) is 0 Å². The number of aromatic nitrogens is 1. The van der Waals surface area contributed by atoms with Gasteiger partial charge in [0.1, 0.15) is 0 Å². The number of benzene rings is 1. The van der Waals surface area contributed by atoms with E-state index in [2.05, 4.69) is 4.98 Å². The molecule has 1 aromatic heterocycles. The van der Waals surface area contributed by atoms with E-state index in [0.29, 0.717) is 5.69 Å². The van der Waals surface area contributed by atoms with Crippen molar-refractivity contribution >= 4 is 32.0 Å². The highest BCUT2D eigenvalue weighted by Gasteiger charge is 2.46. The smallest absolute Gasteiger partial charge is 0.254 e. The first-order valence-corrected chi connectivity index (χ1v) is 10.4. The van der Waals surface area contributed by atoms with Gasteiger partial charge in [-0.25, -0.2) is 13.4 Å². The maximum atomic E-state index is 12.5. The van der Waals surface area contributed by atoms with Crippen molar-refractivity contribution < 1.29 is 25.8 Å². The molecule has 132 valence electrons. The van der Waals surface area contributed by atoms with Crippen LogP contribution < -0.4 is 0 Å². The van der Waals surface area contributed by atoms with Crippen molar-refractivity contribution in [3.8, 4) is 0 Å². The van der Waals surface area contributed by atoms with E-state index in [1.807, 2.05) is 13.8 Å². The van der Waals surface area contributed by atoms with E-state index in [4.69, 9.17) is 0 Å². The standard InChI is InChI=1S/C14H14F3NO3S3/c1-9(2)13-18-10(7-22-13)8-23(19)11-3-5-12(6-4-11)24(20,21)14(15,16)17/h3-7,9H,8H2,1-2H3/t23-/m0/s1. The maximum absolute atomic E-state index is 12.5. The first-order chi connectivity index (χ1) is 11.0. The number of sulfone groups is 1. The van der Waals surface area contributed by atoms with Crippen molar-refractivity contribution in [3.05, 3.63) is 40.3 Å². The van der Waals surface area contributed by atoms with Crippen LogP contribution in [-0.4, -0.2) is 23.1 Å². The van der Waals surface area contributed by atoms with Crippen LogP contribution >= 0.6 is 11.3 Å². The number of thiazole rings is 1. The normalized spacial score (nSPS) is 14.1. The van der Waals surface area contributed by atoms with Gasteiger partial charge in [0, 0.05) is 16.2 Å². The second kappa shape index (κ2) is 6.93. The van der Waals surface area contributed by atoms with Crippen LogP contribution in [0.1, 0.15) is 30.5 Å². The molecule has 1 aromatic carbocycles. The molecule has 0 unspecified atom stereocenters. The molecule has 0 aliphatic rings. The highest BCUT2D eigenvalue weighted by Crippen LogP contribution is 2.30. The fraction of sp³-hybridized carbons (Fsp3) is 0.357. The summed E-state index contributed by atoms with van der Waals surface area (Å²) in [6.07, 6.45) is 0. The van der Waals surface area contributed by atoms with Gasteiger partial charge >= 0.3 is 5.51 Å². The molecule has 2 rings (SSSR count). The molecule has 0 N–H and O–H groups in total. The van der Waals surface area contributed by atoms with E-state index in [9.17, 15) is 25.8 Å². The molecule has 10 heteroatoms. The Balaban J connectivity index is 2.17. The van der Waals surface area contributed by atoms with Crippen LogP contribution in [0.25, 0.3) is 0 Å². The van der Waals surface area contributed by atoms with Crippen molar-refractivity contribution in [1.29, 1.82) is 0 Å². The molecule has 0 spiro atoms. The summed E-state index contributed by atoms with van der Waals surface area (Å²) in [6, 6.07) is 3.89. The van der Waals surface area contributed by atoms with Crippen molar-refractivity contribution in [2.24, 2.45) is 0 Å². The third kappa shape index (κ3) is 4.04. The Kier molecular flexibility index (Phi) is 5.50. The summed E-state index contributed by atoms with van der Waals surface area (Å²) >= 11 is 1.45. The molecule has 0 aliphatic heterocycles. The molecule has 1 heterocycles. The highest BCUT2D eigenvalue weighted by atomic mass is 32.2. The summed E-state index contributed by atoms with van der Waals surface area (Å²) < 4.78 is 72.3. The minimum Gasteiger partial charge on any atom is -0.254 e. The van der Waals surface area contributed by atoms with Crippen LogP contribution in [0.2, 0.25) is 0 Å². The third-order valence-electron chi connectivity index (χ3n) is 3.04. The molecule has 4 nitrogen and oxygen atoms in total. The monoisotopic (exact) mass is 397 g/mol. The summed E-state index contributed by atoms with van der Waals surface area (Å²) in [4.78, 5) is 3.72. The Labute approximate surface area is 144 Å². The summed E-state index contributed by atoms with van der Waals surface area (Å²) in [5, 5.41) is 2.70. The molecule has 0 saturated carbocycles. The Bertz CT molecular complexity index is 840. The molecule has 0 bridgehead atoms. The average molecular weight is 397 g/mol. The fourth-order valence-corrected chi connectivity index (χ4v) is 4.50. The van der Waals surface area contributed by atoms with Crippen LogP contribution in [-0.2, 0) is 26.4 Å². The highest BCUT2D eigenvalue weighted by molar-refractivity contribution is 7.92. The molecule has 0 aliphatic carbocycles. The number of hydrogen-bond donors (Lipinski definition) is 0. The molecule has 1 atom stereocenters. The third-order valence-corrected chi connectivity index (χ3v) is 7.10. The van der Waals surface area contributed by atoms with Gasteiger partial charge < -0.3 is 0 Å². The lowest BCUT2D eigenvalue weighted by Gasteiger charge is -2.08. The zero-order valence-electron chi connectivity index (χ0n) is 12.7. The van der Waals surface area contributed by atoms with Gasteiger partial charge in [0.05, 0.1) is 32.1 Å². The van der Waals surface area contributed by atoms with E-state index in [1.54, 1.807) is 5.38 Å². The Hall–Kier alpha value is -1.26. The van der Waals surface area contributed by atoms with E-state index in [0.717, 1.165) is 29.3 Å². The van der Waals surface area contributed by atoms with E-state index >= 15 is 0 Å². The molecule has 24 heavy (non-hydrogen) atoms. The van der Waals surface area contributed by atoms with Gasteiger partial charge in [-0.1, -0.05) is 13.8 Å². The first kappa shape index (κ1) is 19.1. The van der Waals surface area contributed by atoms with Crippen molar-refractivity contribution in [2.45, 2.75) is 40.8 Å². The molecule has 0 amide bonds. The Morgan fingerprint density at radius 2 is 1.79 bits per heavy atom. The zero-order valence-corrected chi connectivity index (χ0v) is 15.2. The van der Waals surface area contributed by atoms with Gasteiger partial charge in [0.15, 0.2) is 0 Å². The van der Waals surface area contributed by atoms with Gasteiger partial charge in [0.25, 0.3) is 9.84 Å². The molecular weight excluding hydrogens is 383 g/mol. The largest absolute Gasteiger partial charge is 0.501 e. The topological polar surface area (TPSA) is 64.1 Å². The van der Waals surface area contributed by atoms with Crippen molar-refractivity contribution in [3.63, 3.8) is 0 Å². The van der Waals surface area contributed by atoms with Crippen LogP contribution in [0.3, 0.4) is 0 Å². The Morgan fingerprint density at radius 3 is 2.25 bits per heavy atom. The SMILES string of the molecule is CC(C)c1nc(C[S@](=O)c2ccc(S(=O)(=O)C(F)(F)F)cc2)cs1. The fourth-order valence-electron chi connectivity index (χ4n) is 1.78. The predicted molar refractivity (Wildman–Crippen MR) is 86.0 cm³/mol. The second-order valence-corrected chi connectivity index (χ2v) is 9.52. The Morgan fingerprint density at radius 1 is 1.21 bits per heavy atom. The number of rotatable bonds is 5. The van der Waals surface area contributed by atoms with E-state index < -0.39 is 31.0 Å². The molecular formula is C14H14F3NO3S3. The molecule has 0 radical (unpaired) electrons. The summed E-state index contributed by atoms with van der Waals surface area (Å²) in [5.41, 5.74) is -4.73. The van der Waals surface area contributed by atoms with Crippen LogP contribution in [0, 0.1) is 0 Å². The second-order valence-electron chi connectivity index (χ2n) is 5.24. The van der Waals surface area contributed by atoms with Gasteiger partial charge in [-0.3, -0.25) is 4.21 Å². The maximum Gasteiger partial charge on any atom is 0.501 e. The first-order valence-electron chi connectivity index (χ1n) is 6.76. The summed E-state index contributed by atoms with van der Waals surface area (Å²) in [7, 11) is -6.92. The minimum absolute atomic E-state index is 0.120. The van der Waals surface area contributed by atoms with E-state index in [1.165, 1.54) is 11.3 Å². The van der Waals surface area contributed by atoms with Crippen molar-refractivity contribution in [2.75, 3.05) is 0 Å². The predicted octanol–water partition coefficient (Wildman–Crippen LogP) is 3.87. The lowest BCUT2D eigenvalue weighted by Crippen LogP contribution is -2.23. The zero-order chi connectivity index (χ0) is 18.1. The molecule has 2 aromatic rings. The number of alkyl halides is 3. The number of halogens is 3. The molecule has 0 saturated heterocycles. The minimum atomic E-state index is -5.39. The quantitative estimate of drug-likeness (QED) is 0.768. The van der Waals surface area contributed by atoms with Crippen molar-refractivity contribution in [1.82, 2.24) is 4.98 Å². The van der Waals surface area contributed by atoms with E-state index in [-0.39, 0.29) is 16.6 Å². The van der Waals surface area contributed by atoms with Gasteiger partial charge in [-0.2, -0.15) is 13.2 Å². The summed E-state index contributed by atoms with van der Waals surface area (Å²) in [6.45, 7) is 3.97. The van der Waals surface area contributed by atoms with Crippen LogP contribution in [0.4, 0.5) is 13.2 Å². The van der Waals surface area contributed by atoms with Gasteiger partial charge in [-0.05, 0) is 24.3 Å². The average Bonchev–Trinajstić information content (AvgIpc) is 2.95. The number of hydrogen-bond acceptors (Lipinski definition) is 5. The lowest BCUT2D eigenvalue weighted by atomic mass is 10.2. The molecule has 0 fully saturated rings. The van der Waals surface area contributed by atoms with Crippen LogP contribution in [0.15, 0.2) is 39.4 Å². The van der Waals surface area contributed by atoms with Crippen LogP contribution in [0.5, 0.6) is 0 Å². The lowest BCUT2D eigenvalue weighted by molar-refractivity contribution is -0.0436. The summed E-state index contributed by atoms with van der Waals surface area (Å²) in [5.74, 6) is 0.373. The van der Waals surface area contributed by atoms with Gasteiger partial charge in [-0.15, -0.1) is 11.3 Å².